The Kier molecular flexibility index (Phi) is 6.11. The lowest BCUT2D eigenvalue weighted by Gasteiger charge is -2.32. The van der Waals surface area contributed by atoms with Crippen molar-refractivity contribution in [3.05, 3.63) is 17.8 Å². The standard InChI is InChI=1S/C19H31BN2O5/c1-9-24-15-13(11-22-16(23)25-17(2,3)4)10-14(12-21-15)20-26-18(5,6)19(7,8)27-20/h10,12H,9,11H2,1-8H3,(H,22,23). The van der Waals surface area contributed by atoms with Crippen molar-refractivity contribution in [1.29, 1.82) is 0 Å². The van der Waals surface area contributed by atoms with Gasteiger partial charge in [0.1, 0.15) is 5.60 Å². The summed E-state index contributed by atoms with van der Waals surface area (Å²) < 4.78 is 23.0. The maximum atomic E-state index is 12.0. The number of alkyl carbamates (subject to hydrolysis) is 1. The molecule has 0 atom stereocenters. The van der Waals surface area contributed by atoms with Crippen LogP contribution >= 0.6 is 0 Å². The highest BCUT2D eigenvalue weighted by atomic mass is 16.7. The van der Waals surface area contributed by atoms with Crippen molar-refractivity contribution < 1.29 is 23.6 Å². The second-order valence-corrected chi connectivity index (χ2v) is 8.61. The summed E-state index contributed by atoms with van der Waals surface area (Å²) in [6.45, 7) is 16.0. The highest BCUT2D eigenvalue weighted by Gasteiger charge is 2.51. The molecule has 0 bridgehead atoms. The maximum absolute atomic E-state index is 12.0. The monoisotopic (exact) mass is 378 g/mol. The van der Waals surface area contributed by atoms with Gasteiger partial charge in [0.25, 0.3) is 0 Å². The van der Waals surface area contributed by atoms with E-state index in [2.05, 4.69) is 10.3 Å². The molecule has 150 valence electrons. The van der Waals surface area contributed by atoms with Crippen LogP contribution in [0.1, 0.15) is 61.0 Å². The highest BCUT2D eigenvalue weighted by molar-refractivity contribution is 6.62. The lowest BCUT2D eigenvalue weighted by Crippen LogP contribution is -2.41. The molecule has 1 aromatic rings. The van der Waals surface area contributed by atoms with E-state index < -0.39 is 30.0 Å². The van der Waals surface area contributed by atoms with Gasteiger partial charge in [0, 0.05) is 17.2 Å². The van der Waals surface area contributed by atoms with E-state index in [9.17, 15) is 4.79 Å². The van der Waals surface area contributed by atoms with Crippen molar-refractivity contribution in [1.82, 2.24) is 10.3 Å². The predicted molar refractivity (Wildman–Crippen MR) is 104 cm³/mol. The molecule has 7 nitrogen and oxygen atoms in total. The zero-order valence-electron chi connectivity index (χ0n) is 17.6. The summed E-state index contributed by atoms with van der Waals surface area (Å²) in [5.41, 5.74) is 0.0689. The van der Waals surface area contributed by atoms with Gasteiger partial charge < -0.3 is 24.1 Å². The first-order valence-corrected chi connectivity index (χ1v) is 9.29. The minimum absolute atomic E-state index is 0.227. The Bertz CT molecular complexity index is 669. The normalized spacial score (nSPS) is 18.3. The molecular formula is C19H31BN2O5. The number of rotatable bonds is 5. The Balaban J connectivity index is 2.18. The summed E-state index contributed by atoms with van der Waals surface area (Å²) in [4.78, 5) is 16.4. The quantitative estimate of drug-likeness (QED) is 0.794. The van der Waals surface area contributed by atoms with Crippen LogP contribution in [-0.2, 0) is 20.6 Å². The van der Waals surface area contributed by atoms with E-state index in [1.807, 2.05) is 61.5 Å². The van der Waals surface area contributed by atoms with E-state index in [1.54, 1.807) is 6.20 Å². The molecule has 0 spiro atoms. The molecule has 1 aliphatic rings. The van der Waals surface area contributed by atoms with Crippen molar-refractivity contribution in [2.75, 3.05) is 6.61 Å². The average molecular weight is 378 g/mol. The first-order chi connectivity index (χ1) is 12.3. The van der Waals surface area contributed by atoms with Gasteiger partial charge in [-0.25, -0.2) is 9.78 Å². The summed E-state index contributed by atoms with van der Waals surface area (Å²) in [6.07, 6.45) is 1.19. The third-order valence-corrected chi connectivity index (χ3v) is 4.58. The van der Waals surface area contributed by atoms with E-state index in [4.69, 9.17) is 18.8 Å². The van der Waals surface area contributed by atoms with Gasteiger partial charge in [-0.15, -0.1) is 0 Å². The fraction of sp³-hybridized carbons (Fsp3) is 0.684. The molecule has 8 heteroatoms. The van der Waals surface area contributed by atoms with Gasteiger partial charge >= 0.3 is 13.2 Å². The van der Waals surface area contributed by atoms with Gasteiger partial charge in [0.15, 0.2) is 0 Å². The van der Waals surface area contributed by atoms with E-state index in [0.717, 1.165) is 11.0 Å². The lowest BCUT2D eigenvalue weighted by atomic mass is 9.79. The van der Waals surface area contributed by atoms with E-state index >= 15 is 0 Å². The third-order valence-electron chi connectivity index (χ3n) is 4.58. The molecule has 0 aliphatic carbocycles. The summed E-state index contributed by atoms with van der Waals surface area (Å²) >= 11 is 0. The summed E-state index contributed by atoms with van der Waals surface area (Å²) in [6, 6.07) is 1.89. The first-order valence-electron chi connectivity index (χ1n) is 9.29. The topological polar surface area (TPSA) is 78.9 Å². The number of pyridine rings is 1. The van der Waals surface area contributed by atoms with Gasteiger partial charge in [-0.3, -0.25) is 0 Å². The fourth-order valence-corrected chi connectivity index (χ4v) is 2.50. The number of aromatic nitrogens is 1. The molecule has 1 aromatic heterocycles. The van der Waals surface area contributed by atoms with Gasteiger partial charge in [0.2, 0.25) is 5.88 Å². The molecule has 0 unspecified atom stereocenters. The zero-order valence-corrected chi connectivity index (χ0v) is 17.6. The Hall–Kier alpha value is -1.80. The molecule has 2 heterocycles. The molecule has 1 fully saturated rings. The van der Waals surface area contributed by atoms with E-state index in [1.165, 1.54) is 0 Å². The van der Waals surface area contributed by atoms with Crippen molar-refractivity contribution in [2.24, 2.45) is 0 Å². The number of amides is 1. The summed E-state index contributed by atoms with van der Waals surface area (Å²) in [5, 5.41) is 2.74. The van der Waals surface area contributed by atoms with Crippen molar-refractivity contribution in [3.8, 4) is 5.88 Å². The molecule has 1 saturated heterocycles. The molecule has 27 heavy (non-hydrogen) atoms. The second-order valence-electron chi connectivity index (χ2n) is 8.61. The van der Waals surface area contributed by atoms with Gasteiger partial charge in [-0.2, -0.15) is 0 Å². The van der Waals surface area contributed by atoms with E-state index in [0.29, 0.717) is 12.5 Å². The largest absolute Gasteiger partial charge is 0.496 e. The Morgan fingerprint density at radius 1 is 1.22 bits per heavy atom. The molecule has 0 radical (unpaired) electrons. The molecule has 1 aliphatic heterocycles. The smallest absolute Gasteiger partial charge is 0.478 e. The van der Waals surface area contributed by atoms with Crippen LogP contribution in [0, 0.1) is 0 Å². The van der Waals surface area contributed by atoms with Crippen LogP contribution in [0.2, 0.25) is 0 Å². The Morgan fingerprint density at radius 3 is 2.33 bits per heavy atom. The number of ether oxygens (including phenoxy) is 2. The van der Waals surface area contributed by atoms with E-state index in [-0.39, 0.29) is 6.54 Å². The number of hydrogen-bond acceptors (Lipinski definition) is 6. The Morgan fingerprint density at radius 2 is 1.81 bits per heavy atom. The van der Waals surface area contributed by atoms with Gasteiger partial charge in [0.05, 0.1) is 24.4 Å². The number of carbonyl (C=O) groups is 1. The fourth-order valence-electron chi connectivity index (χ4n) is 2.50. The molecule has 0 saturated carbocycles. The number of carbonyl (C=O) groups excluding carboxylic acids is 1. The molecule has 0 aromatic carbocycles. The van der Waals surface area contributed by atoms with Crippen LogP contribution in [0.4, 0.5) is 4.79 Å². The van der Waals surface area contributed by atoms with Crippen LogP contribution < -0.4 is 15.5 Å². The Labute approximate surface area is 162 Å². The van der Waals surface area contributed by atoms with Crippen LogP contribution in [0.3, 0.4) is 0 Å². The van der Waals surface area contributed by atoms with Crippen LogP contribution in [0.15, 0.2) is 12.3 Å². The van der Waals surface area contributed by atoms with Crippen molar-refractivity contribution in [3.63, 3.8) is 0 Å². The predicted octanol–water partition coefficient (Wildman–Crippen LogP) is 2.80. The minimum Gasteiger partial charge on any atom is -0.478 e. The van der Waals surface area contributed by atoms with Crippen molar-refractivity contribution >= 4 is 18.7 Å². The maximum Gasteiger partial charge on any atom is 0.496 e. The molecule has 2 rings (SSSR count). The van der Waals surface area contributed by atoms with Gasteiger partial charge in [-0.1, -0.05) is 6.07 Å². The van der Waals surface area contributed by atoms with Crippen LogP contribution in [-0.4, -0.2) is 41.6 Å². The molecule has 1 amide bonds. The van der Waals surface area contributed by atoms with Crippen LogP contribution in [0.25, 0.3) is 0 Å². The number of nitrogens with one attached hydrogen (secondary N) is 1. The third kappa shape index (κ3) is 5.36. The molecular weight excluding hydrogens is 347 g/mol. The van der Waals surface area contributed by atoms with Crippen molar-refractivity contribution in [2.45, 2.75) is 78.7 Å². The summed E-state index contributed by atoms with van der Waals surface area (Å²) in [5.74, 6) is 0.467. The first kappa shape index (κ1) is 21.5. The number of nitrogens with zero attached hydrogens (tertiary/aromatic N) is 1. The SMILES string of the molecule is CCOc1ncc(B2OC(C)(C)C(C)(C)O2)cc1CNC(=O)OC(C)(C)C. The second kappa shape index (κ2) is 7.68. The van der Waals surface area contributed by atoms with Crippen LogP contribution in [0.5, 0.6) is 5.88 Å². The zero-order chi connectivity index (χ0) is 20.5. The summed E-state index contributed by atoms with van der Waals surface area (Å²) in [7, 11) is -0.529. The number of hydrogen-bond donors (Lipinski definition) is 1. The lowest BCUT2D eigenvalue weighted by molar-refractivity contribution is 0.00578. The van der Waals surface area contributed by atoms with Gasteiger partial charge in [-0.05, 0) is 55.4 Å². The molecule has 1 N–H and O–H groups in total. The minimum atomic E-state index is -0.560. The highest BCUT2D eigenvalue weighted by Crippen LogP contribution is 2.36. The average Bonchev–Trinajstić information content (AvgIpc) is 2.73.